The topological polar surface area (TPSA) is 67.2 Å². The highest BCUT2D eigenvalue weighted by Crippen LogP contribution is 2.11. The van der Waals surface area contributed by atoms with Gasteiger partial charge in [-0.3, -0.25) is 10.2 Å². The highest BCUT2D eigenvalue weighted by atomic mass is 127. The monoisotopic (exact) mass is 305 g/mol. The Hall–Kier alpha value is -0.820. The van der Waals surface area contributed by atoms with Gasteiger partial charge in [-0.1, -0.05) is 0 Å². The number of hydrazine groups is 1. The van der Waals surface area contributed by atoms with Gasteiger partial charge in [-0.2, -0.15) is 0 Å². The molecule has 1 aromatic carbocycles. The molecule has 0 fully saturated rings. The van der Waals surface area contributed by atoms with Gasteiger partial charge in [-0.05, 0) is 53.8 Å². The Labute approximate surface area is 96.4 Å². The number of anilines is 1. The van der Waals surface area contributed by atoms with Crippen LogP contribution in [0.25, 0.3) is 0 Å². The SMILES string of the molecule is CC(Nc1ccc(I)cc1)C(=O)NN. The number of carbonyl (C=O) groups excluding carboxylic acids is 1. The first-order valence-corrected chi connectivity index (χ1v) is 5.24. The number of amides is 1. The average Bonchev–Trinajstić information content (AvgIpc) is 2.20. The molecular formula is C9H12IN3O. The van der Waals surface area contributed by atoms with Crippen LogP contribution in [0, 0.1) is 3.57 Å². The molecule has 0 aromatic heterocycles. The van der Waals surface area contributed by atoms with E-state index in [2.05, 4.69) is 33.3 Å². The predicted molar refractivity (Wildman–Crippen MR) is 64.6 cm³/mol. The number of nitrogens with two attached hydrogens (primary N) is 1. The summed E-state index contributed by atoms with van der Waals surface area (Å²) in [4.78, 5) is 11.1. The molecule has 1 rings (SSSR count). The molecule has 76 valence electrons. The lowest BCUT2D eigenvalue weighted by atomic mass is 10.2. The number of nitrogens with one attached hydrogen (secondary N) is 2. The van der Waals surface area contributed by atoms with Crippen molar-refractivity contribution >= 4 is 34.2 Å². The van der Waals surface area contributed by atoms with Crippen molar-refractivity contribution < 1.29 is 4.79 Å². The van der Waals surface area contributed by atoms with Crippen LogP contribution < -0.4 is 16.6 Å². The Bertz CT molecular complexity index is 312. The molecule has 1 amide bonds. The fourth-order valence-electron chi connectivity index (χ4n) is 0.987. The fraction of sp³-hybridized carbons (Fsp3) is 0.222. The summed E-state index contributed by atoms with van der Waals surface area (Å²) in [6.07, 6.45) is 0. The van der Waals surface area contributed by atoms with Crippen molar-refractivity contribution in [3.05, 3.63) is 27.8 Å². The van der Waals surface area contributed by atoms with E-state index in [4.69, 9.17) is 5.84 Å². The second-order valence-electron chi connectivity index (χ2n) is 2.88. The third-order valence-electron chi connectivity index (χ3n) is 1.76. The fourth-order valence-corrected chi connectivity index (χ4v) is 1.35. The minimum atomic E-state index is -0.333. The van der Waals surface area contributed by atoms with Crippen molar-refractivity contribution in [1.29, 1.82) is 0 Å². The Balaban J connectivity index is 2.60. The van der Waals surface area contributed by atoms with Crippen LogP contribution in [0.4, 0.5) is 5.69 Å². The zero-order valence-electron chi connectivity index (χ0n) is 7.75. The van der Waals surface area contributed by atoms with E-state index in [-0.39, 0.29) is 11.9 Å². The van der Waals surface area contributed by atoms with Crippen LogP contribution in [-0.4, -0.2) is 11.9 Å². The standard InChI is InChI=1S/C9H12IN3O/c1-6(9(14)13-11)12-8-4-2-7(10)3-5-8/h2-6,12H,11H2,1H3,(H,13,14). The Morgan fingerprint density at radius 1 is 1.43 bits per heavy atom. The van der Waals surface area contributed by atoms with Crippen LogP contribution in [0.5, 0.6) is 0 Å². The molecule has 0 aliphatic rings. The first-order chi connectivity index (χ1) is 6.63. The number of carbonyl (C=O) groups is 1. The van der Waals surface area contributed by atoms with Gasteiger partial charge in [0.15, 0.2) is 0 Å². The average molecular weight is 305 g/mol. The van der Waals surface area contributed by atoms with E-state index < -0.39 is 0 Å². The summed E-state index contributed by atoms with van der Waals surface area (Å²) in [5, 5.41) is 3.02. The van der Waals surface area contributed by atoms with Gasteiger partial charge in [0.2, 0.25) is 0 Å². The minimum absolute atomic E-state index is 0.233. The van der Waals surface area contributed by atoms with E-state index in [1.165, 1.54) is 0 Å². The maximum atomic E-state index is 11.1. The van der Waals surface area contributed by atoms with Crippen molar-refractivity contribution in [3.8, 4) is 0 Å². The summed E-state index contributed by atoms with van der Waals surface area (Å²) in [6.45, 7) is 1.75. The molecule has 14 heavy (non-hydrogen) atoms. The summed E-state index contributed by atoms with van der Waals surface area (Å²) >= 11 is 2.22. The van der Waals surface area contributed by atoms with E-state index in [9.17, 15) is 4.79 Å². The number of rotatable bonds is 3. The van der Waals surface area contributed by atoms with Gasteiger partial charge in [-0.25, -0.2) is 5.84 Å². The number of halogens is 1. The quantitative estimate of drug-likeness (QED) is 0.339. The smallest absolute Gasteiger partial charge is 0.256 e. The molecule has 0 aliphatic heterocycles. The molecule has 4 N–H and O–H groups in total. The van der Waals surface area contributed by atoms with Gasteiger partial charge >= 0.3 is 0 Å². The maximum absolute atomic E-state index is 11.1. The van der Waals surface area contributed by atoms with Gasteiger partial charge in [0, 0.05) is 9.26 Å². The van der Waals surface area contributed by atoms with Crippen LogP contribution in [0.2, 0.25) is 0 Å². The van der Waals surface area contributed by atoms with E-state index in [0.29, 0.717) is 0 Å². The van der Waals surface area contributed by atoms with Crippen LogP contribution in [-0.2, 0) is 4.79 Å². The summed E-state index contributed by atoms with van der Waals surface area (Å²) in [7, 11) is 0. The third-order valence-corrected chi connectivity index (χ3v) is 2.48. The molecular weight excluding hydrogens is 293 g/mol. The molecule has 0 aliphatic carbocycles. The zero-order chi connectivity index (χ0) is 10.6. The number of hydrogen-bond donors (Lipinski definition) is 3. The van der Waals surface area contributed by atoms with Crippen molar-refractivity contribution in [1.82, 2.24) is 5.43 Å². The van der Waals surface area contributed by atoms with Gasteiger partial charge in [0.1, 0.15) is 6.04 Å². The summed E-state index contributed by atoms with van der Waals surface area (Å²) in [5.41, 5.74) is 3.00. The molecule has 5 heteroatoms. The lowest BCUT2D eigenvalue weighted by molar-refractivity contribution is -0.121. The minimum Gasteiger partial charge on any atom is -0.374 e. The van der Waals surface area contributed by atoms with Crippen LogP contribution in [0.3, 0.4) is 0 Å². The zero-order valence-corrected chi connectivity index (χ0v) is 9.91. The van der Waals surface area contributed by atoms with Crippen molar-refractivity contribution in [2.75, 3.05) is 5.32 Å². The van der Waals surface area contributed by atoms with Gasteiger partial charge in [-0.15, -0.1) is 0 Å². The highest BCUT2D eigenvalue weighted by molar-refractivity contribution is 14.1. The molecule has 0 spiro atoms. The first-order valence-electron chi connectivity index (χ1n) is 4.16. The van der Waals surface area contributed by atoms with Crippen molar-refractivity contribution in [3.63, 3.8) is 0 Å². The Kier molecular flexibility index (Phi) is 4.15. The van der Waals surface area contributed by atoms with E-state index in [1.807, 2.05) is 24.3 Å². The largest absolute Gasteiger partial charge is 0.374 e. The highest BCUT2D eigenvalue weighted by Gasteiger charge is 2.09. The second kappa shape index (κ2) is 5.16. The van der Waals surface area contributed by atoms with Crippen LogP contribution in [0.15, 0.2) is 24.3 Å². The summed E-state index contributed by atoms with van der Waals surface area (Å²) < 4.78 is 1.16. The molecule has 0 saturated carbocycles. The van der Waals surface area contributed by atoms with Crippen molar-refractivity contribution in [2.24, 2.45) is 5.84 Å². The third kappa shape index (κ3) is 3.15. The molecule has 1 unspecified atom stereocenters. The van der Waals surface area contributed by atoms with Gasteiger partial charge in [0.25, 0.3) is 5.91 Å². The lowest BCUT2D eigenvalue weighted by Crippen LogP contribution is -2.41. The first kappa shape index (κ1) is 11.3. The van der Waals surface area contributed by atoms with Crippen LogP contribution >= 0.6 is 22.6 Å². The van der Waals surface area contributed by atoms with E-state index in [1.54, 1.807) is 6.92 Å². The van der Waals surface area contributed by atoms with Gasteiger partial charge in [0.05, 0.1) is 0 Å². The van der Waals surface area contributed by atoms with Crippen molar-refractivity contribution in [2.45, 2.75) is 13.0 Å². The Morgan fingerprint density at radius 2 is 2.00 bits per heavy atom. The molecule has 0 bridgehead atoms. The van der Waals surface area contributed by atoms with E-state index >= 15 is 0 Å². The molecule has 0 radical (unpaired) electrons. The Morgan fingerprint density at radius 3 is 2.50 bits per heavy atom. The van der Waals surface area contributed by atoms with Gasteiger partial charge < -0.3 is 5.32 Å². The summed E-state index contributed by atoms with van der Waals surface area (Å²) in [6, 6.07) is 7.44. The molecule has 0 heterocycles. The number of hydrogen-bond acceptors (Lipinski definition) is 3. The normalized spacial score (nSPS) is 11.9. The van der Waals surface area contributed by atoms with Crippen LogP contribution in [0.1, 0.15) is 6.92 Å². The lowest BCUT2D eigenvalue weighted by Gasteiger charge is -2.13. The number of benzene rings is 1. The second-order valence-corrected chi connectivity index (χ2v) is 4.13. The molecule has 4 nitrogen and oxygen atoms in total. The summed E-state index contributed by atoms with van der Waals surface area (Å²) in [5.74, 6) is 4.78. The molecule has 1 aromatic rings. The van der Waals surface area contributed by atoms with E-state index in [0.717, 1.165) is 9.26 Å². The predicted octanol–water partition coefficient (Wildman–Crippen LogP) is 1.08. The maximum Gasteiger partial charge on any atom is 0.256 e. The molecule has 0 saturated heterocycles. The molecule has 1 atom stereocenters.